The lowest BCUT2D eigenvalue weighted by molar-refractivity contribution is 1.17. The van der Waals surface area contributed by atoms with Crippen LogP contribution in [0, 0.1) is 0 Å². The van der Waals surface area contributed by atoms with Gasteiger partial charge in [-0.1, -0.05) is 69.6 Å². The number of hydrogen-bond donors (Lipinski definition) is 0. The van der Waals surface area contributed by atoms with Gasteiger partial charge >= 0.3 is 0 Å². The highest BCUT2D eigenvalue weighted by Gasteiger charge is 2.35. The van der Waals surface area contributed by atoms with E-state index in [0.717, 1.165) is 0 Å². The summed E-state index contributed by atoms with van der Waals surface area (Å²) in [5.41, 5.74) is 0.405. The zero-order chi connectivity index (χ0) is 10.3. The highest BCUT2D eigenvalue weighted by molar-refractivity contribution is 7.11. The van der Waals surface area contributed by atoms with Crippen LogP contribution in [0.4, 0.5) is 0 Å². The Morgan fingerprint density at radius 3 is 1.77 bits per heavy atom. The van der Waals surface area contributed by atoms with E-state index in [2.05, 4.69) is 0 Å². The molecule has 0 aliphatic heterocycles. The average Bonchev–Trinajstić information content (AvgIpc) is 2.27. The molecule has 0 nitrogen and oxygen atoms in total. The second-order valence-electron chi connectivity index (χ2n) is 2.16. The molecule has 1 aromatic heterocycles. The van der Waals surface area contributed by atoms with Crippen molar-refractivity contribution in [2.45, 2.75) is 7.59 Å². The van der Waals surface area contributed by atoms with E-state index >= 15 is 0 Å². The van der Waals surface area contributed by atoms with Crippen molar-refractivity contribution in [3.8, 4) is 0 Å². The minimum Gasteiger partial charge on any atom is -0.144 e. The Morgan fingerprint density at radius 2 is 1.46 bits per heavy atom. The van der Waals surface area contributed by atoms with E-state index in [-0.39, 0.29) is 0 Å². The number of thiophene rings is 1. The van der Waals surface area contributed by atoms with E-state index < -0.39 is 7.59 Å². The van der Waals surface area contributed by atoms with Gasteiger partial charge in [0.15, 0.2) is 0 Å². The molecule has 0 unspecified atom stereocenters. The van der Waals surface area contributed by atoms with E-state index in [0.29, 0.717) is 10.4 Å². The highest BCUT2D eigenvalue weighted by atomic mass is 35.6. The molecule has 1 aromatic rings. The van der Waals surface area contributed by atoms with E-state index in [4.69, 9.17) is 69.6 Å². The molecule has 0 fully saturated rings. The molecule has 1 heterocycles. The molecule has 0 amide bonds. The van der Waals surface area contributed by atoms with Crippen molar-refractivity contribution in [3.05, 3.63) is 21.9 Å². The summed E-state index contributed by atoms with van der Waals surface area (Å²) in [6.07, 6.45) is 0. The molecular formula is C6H2Cl6S. The minimum absolute atomic E-state index is 0.405. The molecular weight excluding hydrogens is 317 g/mol. The molecule has 0 saturated heterocycles. The molecule has 13 heavy (non-hydrogen) atoms. The van der Waals surface area contributed by atoms with E-state index in [1.54, 1.807) is 11.4 Å². The zero-order valence-corrected chi connectivity index (χ0v) is 11.2. The standard InChI is InChI=1S/C6H2Cl6S/c7-5(8,9)3-1-2-13-4(3)6(10,11)12/h1-2H. The minimum atomic E-state index is -1.56. The van der Waals surface area contributed by atoms with E-state index in [9.17, 15) is 0 Å². The van der Waals surface area contributed by atoms with Crippen molar-refractivity contribution in [3.63, 3.8) is 0 Å². The summed E-state index contributed by atoms with van der Waals surface area (Å²) in [4.78, 5) is 0.428. The summed E-state index contributed by atoms with van der Waals surface area (Å²) in [5.74, 6) is 0. The van der Waals surface area contributed by atoms with Gasteiger partial charge in [-0.25, -0.2) is 0 Å². The lowest BCUT2D eigenvalue weighted by Crippen LogP contribution is -2.07. The van der Waals surface area contributed by atoms with Gasteiger partial charge in [0.2, 0.25) is 7.59 Å². The van der Waals surface area contributed by atoms with Gasteiger partial charge in [0.05, 0.1) is 4.88 Å². The Balaban J connectivity index is 3.19. The Hall–Kier alpha value is 1.44. The van der Waals surface area contributed by atoms with Crippen LogP contribution < -0.4 is 0 Å². The maximum atomic E-state index is 5.68. The van der Waals surface area contributed by atoms with Crippen molar-refractivity contribution in [1.29, 1.82) is 0 Å². The largest absolute Gasteiger partial charge is 0.225 e. The Labute approximate surface area is 110 Å². The number of halogens is 6. The maximum Gasteiger partial charge on any atom is 0.225 e. The van der Waals surface area contributed by atoms with Gasteiger partial charge in [0.1, 0.15) is 0 Å². The molecule has 7 heteroatoms. The first-order valence-corrected chi connectivity index (χ1v) is 6.09. The fourth-order valence-electron chi connectivity index (χ4n) is 0.752. The second-order valence-corrected chi connectivity index (χ2v) is 7.64. The molecule has 0 atom stereocenters. The van der Waals surface area contributed by atoms with Crippen molar-refractivity contribution >= 4 is 80.9 Å². The van der Waals surface area contributed by atoms with Crippen LogP contribution >= 0.6 is 80.9 Å². The van der Waals surface area contributed by atoms with Crippen LogP contribution in [0.3, 0.4) is 0 Å². The number of hydrogen-bond acceptors (Lipinski definition) is 1. The number of alkyl halides is 6. The predicted molar refractivity (Wildman–Crippen MR) is 62.8 cm³/mol. The molecule has 0 aliphatic carbocycles. The maximum absolute atomic E-state index is 5.68. The monoisotopic (exact) mass is 316 g/mol. The second kappa shape index (κ2) is 4.13. The summed E-state index contributed by atoms with van der Waals surface area (Å²) in [6.45, 7) is 0. The van der Waals surface area contributed by atoms with Crippen LogP contribution in [0.25, 0.3) is 0 Å². The third kappa shape index (κ3) is 3.20. The molecule has 0 saturated carbocycles. The smallest absolute Gasteiger partial charge is 0.144 e. The SMILES string of the molecule is ClC(Cl)(Cl)c1ccsc1C(Cl)(Cl)Cl. The van der Waals surface area contributed by atoms with E-state index in [1.807, 2.05) is 0 Å². The van der Waals surface area contributed by atoms with E-state index in [1.165, 1.54) is 11.3 Å². The first-order valence-electron chi connectivity index (χ1n) is 2.95. The van der Waals surface area contributed by atoms with Gasteiger partial charge in [0, 0.05) is 5.56 Å². The Bertz CT molecular complexity index is 264. The van der Waals surface area contributed by atoms with Crippen molar-refractivity contribution in [2.75, 3.05) is 0 Å². The molecule has 0 aliphatic rings. The van der Waals surface area contributed by atoms with Crippen molar-refractivity contribution in [2.24, 2.45) is 0 Å². The van der Waals surface area contributed by atoms with Crippen LogP contribution in [-0.4, -0.2) is 0 Å². The summed E-state index contributed by atoms with van der Waals surface area (Å²) in [5, 5.41) is 1.70. The highest BCUT2D eigenvalue weighted by Crippen LogP contribution is 2.50. The molecule has 1 rings (SSSR count). The van der Waals surface area contributed by atoms with Gasteiger partial charge in [-0.3, -0.25) is 0 Å². The molecule has 0 bridgehead atoms. The average molecular weight is 319 g/mol. The van der Waals surface area contributed by atoms with Gasteiger partial charge in [-0.15, -0.1) is 11.3 Å². The first-order chi connectivity index (χ1) is 5.73. The normalized spacial score (nSPS) is 13.4. The van der Waals surface area contributed by atoms with Crippen LogP contribution in [0.1, 0.15) is 10.4 Å². The molecule has 0 radical (unpaired) electrons. The quantitative estimate of drug-likeness (QED) is 0.562. The topological polar surface area (TPSA) is 0 Å². The van der Waals surface area contributed by atoms with Crippen LogP contribution in [0.15, 0.2) is 11.4 Å². The molecule has 0 aromatic carbocycles. The Morgan fingerprint density at radius 1 is 0.923 bits per heavy atom. The molecule has 0 spiro atoms. The van der Waals surface area contributed by atoms with Crippen molar-refractivity contribution in [1.82, 2.24) is 0 Å². The van der Waals surface area contributed by atoms with Crippen LogP contribution in [0.2, 0.25) is 0 Å². The summed E-state index contributed by atoms with van der Waals surface area (Å²) in [7, 11) is 0. The third-order valence-electron chi connectivity index (χ3n) is 1.23. The third-order valence-corrected chi connectivity index (χ3v) is 3.78. The Kier molecular flexibility index (Phi) is 3.97. The van der Waals surface area contributed by atoms with Gasteiger partial charge in [0.25, 0.3) is 0 Å². The first kappa shape index (κ1) is 12.5. The fraction of sp³-hybridized carbons (Fsp3) is 0.333. The molecule has 74 valence electrons. The van der Waals surface area contributed by atoms with Gasteiger partial charge < -0.3 is 0 Å². The summed E-state index contributed by atoms with van der Waals surface area (Å²) >= 11 is 35.3. The van der Waals surface area contributed by atoms with Crippen molar-refractivity contribution < 1.29 is 0 Å². The predicted octanol–water partition coefficient (Wildman–Crippen LogP) is 5.40. The fourth-order valence-corrected chi connectivity index (χ4v) is 2.92. The summed E-state index contributed by atoms with van der Waals surface area (Å²) < 4.78 is -3.10. The lowest BCUT2D eigenvalue weighted by Gasteiger charge is -2.16. The lowest BCUT2D eigenvalue weighted by atomic mass is 10.3. The number of rotatable bonds is 0. The van der Waals surface area contributed by atoms with Gasteiger partial charge in [-0.05, 0) is 11.4 Å². The zero-order valence-electron chi connectivity index (χ0n) is 5.83. The van der Waals surface area contributed by atoms with Crippen LogP contribution in [-0.2, 0) is 7.59 Å². The summed E-state index contributed by atoms with van der Waals surface area (Å²) in [6, 6.07) is 1.62. The molecule has 0 N–H and O–H groups in total. The van der Waals surface area contributed by atoms with Gasteiger partial charge in [-0.2, -0.15) is 0 Å². The van der Waals surface area contributed by atoms with Crippen LogP contribution in [0.5, 0.6) is 0 Å².